The van der Waals surface area contributed by atoms with Gasteiger partial charge >= 0.3 is 0 Å². The fraction of sp³-hybridized carbons (Fsp3) is 0.533. The smallest absolute Gasteiger partial charge is 0.222 e. The van der Waals surface area contributed by atoms with Crippen molar-refractivity contribution in [3.05, 3.63) is 35.4 Å². The molecular formula is C15H22N2O. The minimum atomic E-state index is 0.214. The van der Waals surface area contributed by atoms with Gasteiger partial charge < -0.3 is 10.2 Å². The summed E-state index contributed by atoms with van der Waals surface area (Å²) in [5.41, 5.74) is 2.94. The molecular weight excluding hydrogens is 224 g/mol. The van der Waals surface area contributed by atoms with E-state index in [4.69, 9.17) is 0 Å². The van der Waals surface area contributed by atoms with E-state index < -0.39 is 0 Å². The Morgan fingerprint density at radius 1 is 1.28 bits per heavy atom. The molecule has 1 N–H and O–H groups in total. The monoisotopic (exact) mass is 246 g/mol. The van der Waals surface area contributed by atoms with E-state index >= 15 is 0 Å². The molecule has 0 saturated heterocycles. The molecule has 2 rings (SSSR count). The van der Waals surface area contributed by atoms with Gasteiger partial charge in [-0.1, -0.05) is 24.3 Å². The first-order chi connectivity index (χ1) is 8.66. The lowest BCUT2D eigenvalue weighted by Crippen LogP contribution is -2.31. The lowest BCUT2D eigenvalue weighted by Gasteiger charge is -2.13. The average molecular weight is 246 g/mol. The predicted molar refractivity (Wildman–Crippen MR) is 73.6 cm³/mol. The van der Waals surface area contributed by atoms with E-state index in [1.807, 2.05) is 14.1 Å². The lowest BCUT2D eigenvalue weighted by atomic mass is 10.1. The van der Waals surface area contributed by atoms with Crippen molar-refractivity contribution in [3.63, 3.8) is 0 Å². The van der Waals surface area contributed by atoms with E-state index in [0.29, 0.717) is 12.5 Å². The lowest BCUT2D eigenvalue weighted by molar-refractivity contribution is -0.128. The Hall–Kier alpha value is -1.35. The van der Waals surface area contributed by atoms with Crippen molar-refractivity contribution in [1.82, 2.24) is 10.2 Å². The summed E-state index contributed by atoms with van der Waals surface area (Å²) in [6, 6.07) is 9.20. The van der Waals surface area contributed by atoms with Crippen LogP contribution in [0.4, 0.5) is 0 Å². The summed E-state index contributed by atoms with van der Waals surface area (Å²) < 4.78 is 0. The molecule has 1 aliphatic carbocycles. The van der Waals surface area contributed by atoms with Gasteiger partial charge in [0.2, 0.25) is 5.91 Å². The largest absolute Gasteiger partial charge is 0.349 e. The number of hydrogen-bond acceptors (Lipinski definition) is 2. The molecule has 1 aromatic rings. The molecule has 1 amide bonds. The number of amides is 1. The van der Waals surface area contributed by atoms with Gasteiger partial charge in [0, 0.05) is 26.6 Å². The van der Waals surface area contributed by atoms with Crippen LogP contribution in [-0.4, -0.2) is 37.5 Å². The second-order valence-corrected chi connectivity index (χ2v) is 5.22. The molecule has 3 nitrogen and oxygen atoms in total. The van der Waals surface area contributed by atoms with Crippen LogP contribution in [0.2, 0.25) is 0 Å². The minimum absolute atomic E-state index is 0.214. The third-order valence-electron chi connectivity index (χ3n) is 3.55. The number of nitrogens with zero attached hydrogens (tertiary/aromatic N) is 1. The van der Waals surface area contributed by atoms with Gasteiger partial charge in [-0.2, -0.15) is 0 Å². The van der Waals surface area contributed by atoms with Crippen molar-refractivity contribution in [3.8, 4) is 0 Å². The van der Waals surface area contributed by atoms with Crippen LogP contribution in [0.5, 0.6) is 0 Å². The van der Waals surface area contributed by atoms with E-state index in [9.17, 15) is 4.79 Å². The number of hydrogen-bond donors (Lipinski definition) is 1. The summed E-state index contributed by atoms with van der Waals surface area (Å²) in [7, 11) is 3.62. The molecule has 1 aromatic carbocycles. The quantitative estimate of drug-likeness (QED) is 0.801. The highest BCUT2D eigenvalue weighted by molar-refractivity contribution is 5.75. The number of rotatable bonds is 5. The van der Waals surface area contributed by atoms with Crippen LogP contribution in [0.15, 0.2) is 24.3 Å². The fourth-order valence-electron chi connectivity index (χ4n) is 2.47. The highest BCUT2D eigenvalue weighted by Crippen LogP contribution is 2.21. The second-order valence-electron chi connectivity index (χ2n) is 5.22. The van der Waals surface area contributed by atoms with Crippen LogP contribution >= 0.6 is 0 Å². The first kappa shape index (κ1) is 13.1. The first-order valence-corrected chi connectivity index (χ1v) is 6.67. The Morgan fingerprint density at radius 3 is 2.44 bits per heavy atom. The van der Waals surface area contributed by atoms with E-state index in [1.54, 1.807) is 4.90 Å². The summed E-state index contributed by atoms with van der Waals surface area (Å²) in [4.78, 5) is 13.1. The van der Waals surface area contributed by atoms with Crippen LogP contribution in [0.25, 0.3) is 0 Å². The van der Waals surface area contributed by atoms with E-state index in [2.05, 4.69) is 29.6 Å². The van der Waals surface area contributed by atoms with E-state index in [1.165, 1.54) is 11.1 Å². The fourth-order valence-corrected chi connectivity index (χ4v) is 2.47. The van der Waals surface area contributed by atoms with Crippen LogP contribution in [0.1, 0.15) is 24.0 Å². The second kappa shape index (κ2) is 6.01. The van der Waals surface area contributed by atoms with Crippen LogP contribution < -0.4 is 5.32 Å². The average Bonchev–Trinajstić information content (AvgIpc) is 2.76. The number of carbonyl (C=O) groups is 1. The van der Waals surface area contributed by atoms with Crippen molar-refractivity contribution in [2.75, 3.05) is 20.6 Å². The molecule has 0 radical (unpaired) electrons. The standard InChI is InChI=1S/C15H22N2O/c1-17(2)15(18)8-5-9-16-14-10-12-6-3-4-7-13(12)11-14/h3-4,6-7,14,16H,5,8-11H2,1-2H3. The normalized spacial score (nSPS) is 14.6. The molecule has 0 aliphatic heterocycles. The zero-order valence-corrected chi connectivity index (χ0v) is 11.3. The summed E-state index contributed by atoms with van der Waals surface area (Å²) in [6.07, 6.45) is 3.80. The summed E-state index contributed by atoms with van der Waals surface area (Å²) in [5, 5.41) is 3.55. The molecule has 18 heavy (non-hydrogen) atoms. The maximum absolute atomic E-state index is 11.4. The molecule has 0 heterocycles. The van der Waals surface area contributed by atoms with Crippen LogP contribution in [-0.2, 0) is 17.6 Å². The SMILES string of the molecule is CN(C)C(=O)CCCNC1Cc2ccccc2C1. The number of benzene rings is 1. The molecule has 0 spiro atoms. The molecule has 0 fully saturated rings. The van der Waals surface area contributed by atoms with Crippen molar-refractivity contribution >= 4 is 5.91 Å². The maximum atomic E-state index is 11.4. The van der Waals surface area contributed by atoms with Crippen molar-refractivity contribution < 1.29 is 4.79 Å². The topological polar surface area (TPSA) is 32.3 Å². The van der Waals surface area contributed by atoms with Gasteiger partial charge in [0.1, 0.15) is 0 Å². The van der Waals surface area contributed by atoms with Gasteiger partial charge in [-0.25, -0.2) is 0 Å². The van der Waals surface area contributed by atoms with Crippen LogP contribution in [0.3, 0.4) is 0 Å². The number of fused-ring (bicyclic) bond motifs is 1. The van der Waals surface area contributed by atoms with Gasteiger partial charge in [-0.3, -0.25) is 4.79 Å². The Morgan fingerprint density at radius 2 is 1.89 bits per heavy atom. The molecule has 1 aliphatic rings. The molecule has 0 atom stereocenters. The Bertz CT molecular complexity index is 390. The Kier molecular flexibility index (Phi) is 4.37. The molecule has 0 bridgehead atoms. The maximum Gasteiger partial charge on any atom is 0.222 e. The molecule has 0 saturated carbocycles. The Balaban J connectivity index is 1.67. The summed E-state index contributed by atoms with van der Waals surface area (Å²) in [5.74, 6) is 0.214. The third kappa shape index (κ3) is 3.33. The zero-order chi connectivity index (χ0) is 13.0. The van der Waals surface area contributed by atoms with E-state index in [0.717, 1.165) is 25.8 Å². The molecule has 0 aromatic heterocycles. The first-order valence-electron chi connectivity index (χ1n) is 6.67. The number of nitrogens with one attached hydrogen (secondary N) is 1. The van der Waals surface area contributed by atoms with Gasteiger partial charge in [0.05, 0.1) is 0 Å². The predicted octanol–water partition coefficient (Wildman–Crippen LogP) is 1.61. The van der Waals surface area contributed by atoms with Gasteiger partial charge in [-0.05, 0) is 36.9 Å². The van der Waals surface area contributed by atoms with Crippen molar-refractivity contribution in [2.24, 2.45) is 0 Å². The highest BCUT2D eigenvalue weighted by atomic mass is 16.2. The van der Waals surface area contributed by atoms with Gasteiger partial charge in [-0.15, -0.1) is 0 Å². The zero-order valence-electron chi connectivity index (χ0n) is 11.3. The summed E-state index contributed by atoms with van der Waals surface area (Å²) >= 11 is 0. The third-order valence-corrected chi connectivity index (χ3v) is 3.55. The molecule has 98 valence electrons. The highest BCUT2D eigenvalue weighted by Gasteiger charge is 2.19. The van der Waals surface area contributed by atoms with Crippen LogP contribution in [0, 0.1) is 0 Å². The van der Waals surface area contributed by atoms with Crippen molar-refractivity contribution in [2.45, 2.75) is 31.7 Å². The van der Waals surface area contributed by atoms with E-state index in [-0.39, 0.29) is 5.91 Å². The molecule has 3 heteroatoms. The Labute approximate surface area is 109 Å². The molecule has 0 unspecified atom stereocenters. The minimum Gasteiger partial charge on any atom is -0.349 e. The van der Waals surface area contributed by atoms with Crippen molar-refractivity contribution in [1.29, 1.82) is 0 Å². The van der Waals surface area contributed by atoms with Gasteiger partial charge in [0.15, 0.2) is 0 Å². The number of carbonyl (C=O) groups excluding carboxylic acids is 1. The summed E-state index contributed by atoms with van der Waals surface area (Å²) in [6.45, 7) is 0.929. The van der Waals surface area contributed by atoms with Gasteiger partial charge in [0.25, 0.3) is 0 Å².